The van der Waals surface area contributed by atoms with Crippen LogP contribution in [0.4, 0.5) is 0 Å². The molecule has 0 unspecified atom stereocenters. The van der Waals surface area contributed by atoms with Crippen molar-refractivity contribution in [2.24, 2.45) is 0 Å². The molecule has 0 aliphatic carbocycles. The molecule has 2 saturated heterocycles. The lowest BCUT2D eigenvalue weighted by atomic mass is 9.98. The molecule has 0 bridgehead atoms. The van der Waals surface area contributed by atoms with E-state index in [4.69, 9.17) is 23.4 Å². The molecule has 5 rings (SSSR count). The first-order valence-corrected chi connectivity index (χ1v) is 13.0. The van der Waals surface area contributed by atoms with E-state index in [1.165, 1.54) is 13.0 Å². The highest BCUT2D eigenvalue weighted by Gasteiger charge is 2.47. The van der Waals surface area contributed by atoms with Crippen molar-refractivity contribution < 1.29 is 74.4 Å². The Bertz CT molecular complexity index is 1540. The van der Waals surface area contributed by atoms with Crippen LogP contribution in [0.5, 0.6) is 28.7 Å². The average molecular weight is 611 g/mol. The third kappa shape index (κ3) is 5.67. The van der Waals surface area contributed by atoms with Crippen molar-refractivity contribution in [1.29, 1.82) is 0 Å². The first-order chi connectivity index (χ1) is 20.3. The van der Waals surface area contributed by atoms with Gasteiger partial charge in [0.15, 0.2) is 23.5 Å². The summed E-state index contributed by atoms with van der Waals surface area (Å²) >= 11 is 0. The zero-order valence-corrected chi connectivity index (χ0v) is 22.3. The van der Waals surface area contributed by atoms with Crippen LogP contribution in [-0.2, 0) is 14.2 Å². The molecule has 0 spiro atoms. The SMILES string of the molecule is C[C@H]1O[C@@H](OC[C@H]2O[C@@H](Oc3c(-c4ccc(O)c(O)c4)oc4cc(O)cc(O)c4c3=O)[C@@H](O)[C@@H](O)[C@H]2O)[C@@H](O)[C@@H](O)[C@@H]1O. The van der Waals surface area contributed by atoms with Gasteiger partial charge in [-0.3, -0.25) is 4.79 Å². The van der Waals surface area contributed by atoms with Gasteiger partial charge in [0.25, 0.3) is 0 Å². The molecule has 1 aromatic heterocycles. The molecule has 10 N–H and O–H groups in total. The number of benzene rings is 2. The number of phenolic OH excluding ortho intramolecular Hbond substituents is 4. The highest BCUT2D eigenvalue weighted by Crippen LogP contribution is 2.39. The van der Waals surface area contributed by atoms with Crippen LogP contribution in [0.2, 0.25) is 0 Å². The standard InChI is InChI=1S/C27H30O16/c1-8-17(32)20(35)22(37)26(40-8)39-7-15-18(33)21(36)23(38)27(42-15)43-25-19(34)16-13(31)5-10(28)6-14(16)41-24(25)9-2-3-11(29)12(30)4-9/h2-6,8,15,17-18,20-23,26-33,35-38H,7H2,1H3/t8-,15-,17-,18+,20+,21+,22+,23+,26-,27+/m1/s1. The van der Waals surface area contributed by atoms with Crippen LogP contribution in [0.3, 0.4) is 0 Å². The Kier molecular flexibility index (Phi) is 8.41. The number of phenols is 4. The van der Waals surface area contributed by atoms with Gasteiger partial charge in [0.05, 0.1) is 12.7 Å². The summed E-state index contributed by atoms with van der Waals surface area (Å²) in [4.78, 5) is 13.6. The van der Waals surface area contributed by atoms with Crippen LogP contribution >= 0.6 is 0 Å². The molecule has 0 saturated carbocycles. The highest BCUT2D eigenvalue weighted by atomic mass is 16.7. The Morgan fingerprint density at radius 1 is 0.744 bits per heavy atom. The Balaban J connectivity index is 1.48. The maximum Gasteiger partial charge on any atom is 0.239 e. The van der Waals surface area contributed by atoms with Crippen molar-refractivity contribution >= 4 is 11.0 Å². The number of fused-ring (bicyclic) bond motifs is 1. The predicted octanol–water partition coefficient (Wildman–Crippen LogP) is -1.69. The fraction of sp³-hybridized carbons (Fsp3) is 0.444. The summed E-state index contributed by atoms with van der Waals surface area (Å²) in [5.41, 5.74) is -1.35. The molecule has 0 amide bonds. The van der Waals surface area contributed by atoms with Gasteiger partial charge in [0.1, 0.15) is 65.2 Å². The summed E-state index contributed by atoms with van der Waals surface area (Å²) in [6.07, 6.45) is -16.2. The van der Waals surface area contributed by atoms with E-state index in [0.29, 0.717) is 0 Å². The monoisotopic (exact) mass is 610 g/mol. The molecule has 43 heavy (non-hydrogen) atoms. The fourth-order valence-corrected chi connectivity index (χ4v) is 4.84. The Labute approximate surface area is 241 Å². The number of hydrogen-bond acceptors (Lipinski definition) is 16. The molecule has 3 heterocycles. The highest BCUT2D eigenvalue weighted by molar-refractivity contribution is 5.88. The topological polar surface area (TPSA) is 269 Å². The fourth-order valence-electron chi connectivity index (χ4n) is 4.84. The number of rotatable bonds is 6. The molecule has 16 nitrogen and oxygen atoms in total. The van der Waals surface area contributed by atoms with Gasteiger partial charge in [-0.25, -0.2) is 0 Å². The van der Waals surface area contributed by atoms with Gasteiger partial charge in [-0.2, -0.15) is 0 Å². The van der Waals surface area contributed by atoms with E-state index in [2.05, 4.69) is 0 Å². The molecule has 2 aliphatic rings. The van der Waals surface area contributed by atoms with Crippen molar-refractivity contribution in [1.82, 2.24) is 0 Å². The minimum absolute atomic E-state index is 0.0313. The van der Waals surface area contributed by atoms with E-state index in [-0.39, 0.29) is 11.1 Å². The second kappa shape index (κ2) is 11.8. The summed E-state index contributed by atoms with van der Waals surface area (Å²) < 4.78 is 27.8. The second-order valence-corrected chi connectivity index (χ2v) is 10.3. The van der Waals surface area contributed by atoms with E-state index < -0.39 is 113 Å². The summed E-state index contributed by atoms with van der Waals surface area (Å²) in [6, 6.07) is 5.24. The average Bonchev–Trinajstić information content (AvgIpc) is 2.96. The molecule has 2 aliphatic heterocycles. The summed E-state index contributed by atoms with van der Waals surface area (Å²) in [5, 5.41) is 101. The lowest BCUT2D eigenvalue weighted by Gasteiger charge is -2.42. The molecule has 3 aromatic rings. The van der Waals surface area contributed by atoms with Gasteiger partial charge >= 0.3 is 0 Å². The van der Waals surface area contributed by atoms with Crippen molar-refractivity contribution in [3.63, 3.8) is 0 Å². The lowest BCUT2D eigenvalue weighted by Crippen LogP contribution is -2.61. The van der Waals surface area contributed by atoms with E-state index in [0.717, 1.165) is 24.3 Å². The predicted molar refractivity (Wildman–Crippen MR) is 140 cm³/mol. The van der Waals surface area contributed by atoms with E-state index in [9.17, 15) is 55.9 Å². The van der Waals surface area contributed by atoms with Crippen LogP contribution in [0.1, 0.15) is 6.92 Å². The smallest absolute Gasteiger partial charge is 0.239 e. The van der Waals surface area contributed by atoms with Crippen molar-refractivity contribution in [2.75, 3.05) is 6.61 Å². The number of aliphatic hydroxyl groups is 6. The van der Waals surface area contributed by atoms with E-state index >= 15 is 0 Å². The van der Waals surface area contributed by atoms with Gasteiger partial charge in [0, 0.05) is 17.7 Å². The molecule has 2 aromatic carbocycles. The number of hydrogen-bond donors (Lipinski definition) is 10. The van der Waals surface area contributed by atoms with Gasteiger partial charge < -0.3 is 74.4 Å². The second-order valence-electron chi connectivity index (χ2n) is 10.3. The minimum atomic E-state index is -1.97. The molecule has 0 radical (unpaired) electrons. The van der Waals surface area contributed by atoms with Crippen LogP contribution in [0.25, 0.3) is 22.3 Å². The first-order valence-electron chi connectivity index (χ1n) is 13.0. The Morgan fingerprint density at radius 2 is 1.42 bits per heavy atom. The third-order valence-corrected chi connectivity index (χ3v) is 7.29. The Hall–Kier alpha value is -3.71. The zero-order chi connectivity index (χ0) is 31.3. The zero-order valence-electron chi connectivity index (χ0n) is 22.3. The third-order valence-electron chi connectivity index (χ3n) is 7.29. The van der Waals surface area contributed by atoms with Gasteiger partial charge in [-0.1, -0.05) is 0 Å². The molecule has 234 valence electrons. The van der Waals surface area contributed by atoms with Gasteiger partial charge in [-0.15, -0.1) is 0 Å². The molecular formula is C27H30O16. The molecule has 2 fully saturated rings. The Morgan fingerprint density at radius 3 is 2.12 bits per heavy atom. The van der Waals surface area contributed by atoms with Crippen LogP contribution < -0.4 is 10.2 Å². The van der Waals surface area contributed by atoms with E-state index in [1.54, 1.807) is 0 Å². The number of aliphatic hydroxyl groups excluding tert-OH is 6. The van der Waals surface area contributed by atoms with Crippen molar-refractivity contribution in [3.05, 3.63) is 40.6 Å². The molecule has 10 atom stereocenters. The van der Waals surface area contributed by atoms with E-state index in [1.807, 2.05) is 0 Å². The van der Waals surface area contributed by atoms with Crippen LogP contribution in [-0.4, -0.2) is 119 Å². The summed E-state index contributed by atoms with van der Waals surface area (Å²) in [5.74, 6) is -3.33. The first kappa shape index (κ1) is 30.7. The molecule has 16 heteroatoms. The number of ether oxygens (including phenoxy) is 4. The minimum Gasteiger partial charge on any atom is -0.508 e. The number of aromatic hydroxyl groups is 4. The van der Waals surface area contributed by atoms with Gasteiger partial charge in [0.2, 0.25) is 17.5 Å². The maximum atomic E-state index is 13.6. The van der Waals surface area contributed by atoms with Crippen molar-refractivity contribution in [3.8, 4) is 40.1 Å². The lowest BCUT2D eigenvalue weighted by molar-refractivity contribution is -0.318. The summed E-state index contributed by atoms with van der Waals surface area (Å²) in [7, 11) is 0. The normalized spacial score (nSPS) is 33.0. The summed E-state index contributed by atoms with van der Waals surface area (Å²) in [6.45, 7) is 0.818. The van der Waals surface area contributed by atoms with Gasteiger partial charge in [-0.05, 0) is 25.1 Å². The largest absolute Gasteiger partial charge is 0.508 e. The quantitative estimate of drug-likeness (QED) is 0.140. The van der Waals surface area contributed by atoms with Crippen LogP contribution in [0.15, 0.2) is 39.5 Å². The van der Waals surface area contributed by atoms with Crippen molar-refractivity contribution in [2.45, 2.75) is 68.3 Å². The van der Waals surface area contributed by atoms with Crippen LogP contribution in [0, 0.1) is 0 Å². The maximum absolute atomic E-state index is 13.6. The molecular weight excluding hydrogens is 580 g/mol.